The van der Waals surface area contributed by atoms with Crippen LogP contribution in [-0.4, -0.2) is 39.7 Å². The van der Waals surface area contributed by atoms with Crippen molar-refractivity contribution < 1.29 is 15.0 Å². The first-order valence-corrected chi connectivity index (χ1v) is 9.41. The van der Waals surface area contributed by atoms with Crippen LogP contribution in [0.15, 0.2) is 54.6 Å². The molecule has 2 saturated heterocycles. The van der Waals surface area contributed by atoms with Gasteiger partial charge in [-0.3, -0.25) is 4.79 Å². The number of piperidine rings is 1. The predicted molar refractivity (Wildman–Crippen MR) is 103 cm³/mol. The highest BCUT2D eigenvalue weighted by molar-refractivity contribution is 5.95. The quantitative estimate of drug-likeness (QED) is 0.809. The zero-order valence-electron chi connectivity index (χ0n) is 15.1. The Morgan fingerprint density at radius 1 is 1.07 bits per heavy atom. The Bertz CT molecular complexity index is 883. The van der Waals surface area contributed by atoms with Crippen molar-refractivity contribution >= 4 is 5.91 Å². The van der Waals surface area contributed by atoms with Crippen molar-refractivity contribution in [2.75, 3.05) is 6.61 Å². The number of rotatable bonds is 2. The third-order valence-corrected chi connectivity index (χ3v) is 5.73. The predicted octanol–water partition coefficient (Wildman–Crippen LogP) is 2.69. The fourth-order valence-electron chi connectivity index (χ4n) is 4.56. The third kappa shape index (κ3) is 3.37. The summed E-state index contributed by atoms with van der Waals surface area (Å²) in [7, 11) is 0. The minimum atomic E-state index is -0.863. The van der Waals surface area contributed by atoms with Gasteiger partial charge >= 0.3 is 0 Å². The van der Waals surface area contributed by atoms with Crippen molar-refractivity contribution in [3.05, 3.63) is 71.3 Å². The van der Waals surface area contributed by atoms with Crippen LogP contribution < -0.4 is 0 Å². The number of benzene rings is 2. The lowest BCUT2D eigenvalue weighted by Crippen LogP contribution is -2.52. The summed E-state index contributed by atoms with van der Waals surface area (Å²) < 4.78 is 0. The Hall–Kier alpha value is -2.61. The molecule has 1 amide bonds. The van der Waals surface area contributed by atoms with Gasteiger partial charge in [-0.2, -0.15) is 0 Å². The molecule has 2 aliphatic heterocycles. The Kier molecular flexibility index (Phi) is 4.73. The van der Waals surface area contributed by atoms with Gasteiger partial charge in [-0.15, -0.1) is 0 Å². The normalized spacial score (nSPS) is 26.4. The van der Waals surface area contributed by atoms with E-state index in [1.54, 1.807) is 6.07 Å². The molecule has 138 valence electrons. The maximum absolute atomic E-state index is 13.2. The van der Waals surface area contributed by atoms with Gasteiger partial charge in [0.25, 0.3) is 5.91 Å². The summed E-state index contributed by atoms with van der Waals surface area (Å²) in [5.74, 6) is 5.48. The molecule has 0 radical (unpaired) electrons. The molecule has 2 bridgehead atoms. The van der Waals surface area contributed by atoms with Gasteiger partial charge in [0, 0.05) is 36.1 Å². The number of amides is 1. The molecule has 27 heavy (non-hydrogen) atoms. The first-order chi connectivity index (χ1) is 13.1. The molecule has 0 aromatic heterocycles. The summed E-state index contributed by atoms with van der Waals surface area (Å²) in [6.45, 7) is -0.202. The summed E-state index contributed by atoms with van der Waals surface area (Å²) in [5.41, 5.74) is 1.41. The first-order valence-electron chi connectivity index (χ1n) is 9.41. The molecule has 2 heterocycles. The van der Waals surface area contributed by atoms with Gasteiger partial charge in [0.1, 0.15) is 6.61 Å². The van der Waals surface area contributed by atoms with E-state index in [0.717, 1.165) is 24.0 Å². The van der Waals surface area contributed by atoms with Crippen molar-refractivity contribution in [3.63, 3.8) is 0 Å². The molecular weight excluding hydrogens is 338 g/mol. The number of aliphatic hydroxyl groups is 2. The zero-order valence-corrected chi connectivity index (χ0v) is 15.1. The van der Waals surface area contributed by atoms with Crippen LogP contribution in [0.2, 0.25) is 0 Å². The van der Waals surface area contributed by atoms with Gasteiger partial charge in [-0.05, 0) is 36.6 Å². The van der Waals surface area contributed by atoms with E-state index >= 15 is 0 Å². The van der Waals surface area contributed by atoms with Gasteiger partial charge in [0.15, 0.2) is 0 Å². The molecule has 2 fully saturated rings. The largest absolute Gasteiger partial charge is 0.385 e. The number of hydrogen-bond acceptors (Lipinski definition) is 3. The fraction of sp³-hybridized carbons (Fsp3) is 0.348. The monoisotopic (exact) mass is 361 g/mol. The number of nitrogens with zero attached hydrogens (tertiary/aromatic N) is 1. The second kappa shape index (κ2) is 7.19. The summed E-state index contributed by atoms with van der Waals surface area (Å²) in [4.78, 5) is 15.1. The number of fused-ring (bicyclic) bond motifs is 2. The van der Waals surface area contributed by atoms with Crippen LogP contribution in [-0.2, 0) is 5.60 Å². The number of carbonyl (C=O) groups excluding carboxylic acids is 1. The molecule has 2 N–H and O–H groups in total. The van der Waals surface area contributed by atoms with E-state index in [9.17, 15) is 9.90 Å². The summed E-state index contributed by atoms with van der Waals surface area (Å²) in [6.07, 6.45) is 3.00. The fourth-order valence-corrected chi connectivity index (χ4v) is 4.56. The minimum Gasteiger partial charge on any atom is -0.385 e. The zero-order chi connectivity index (χ0) is 18.9. The van der Waals surface area contributed by atoms with Crippen molar-refractivity contribution in [2.24, 2.45) is 0 Å². The molecule has 0 aliphatic carbocycles. The van der Waals surface area contributed by atoms with Crippen LogP contribution in [0.5, 0.6) is 0 Å². The molecule has 0 saturated carbocycles. The molecule has 4 rings (SSSR count). The van der Waals surface area contributed by atoms with Crippen molar-refractivity contribution in [3.8, 4) is 11.8 Å². The van der Waals surface area contributed by atoms with E-state index in [-0.39, 0.29) is 24.6 Å². The lowest BCUT2D eigenvalue weighted by atomic mass is 9.80. The molecule has 4 nitrogen and oxygen atoms in total. The van der Waals surface area contributed by atoms with E-state index in [4.69, 9.17) is 5.11 Å². The number of carbonyl (C=O) groups is 1. The van der Waals surface area contributed by atoms with Crippen LogP contribution in [0, 0.1) is 11.8 Å². The van der Waals surface area contributed by atoms with Crippen LogP contribution >= 0.6 is 0 Å². The SMILES string of the molecule is O=C(c1cccc(C#CCO)c1)N1C2CCC1CC(O)(c1ccccc1)C2. The maximum Gasteiger partial charge on any atom is 0.254 e. The topological polar surface area (TPSA) is 60.8 Å². The van der Waals surface area contributed by atoms with Gasteiger partial charge in [-0.25, -0.2) is 0 Å². The second-order valence-corrected chi connectivity index (χ2v) is 7.44. The van der Waals surface area contributed by atoms with Crippen LogP contribution in [0.25, 0.3) is 0 Å². The molecule has 0 spiro atoms. The highest BCUT2D eigenvalue weighted by Gasteiger charge is 2.50. The van der Waals surface area contributed by atoms with Crippen molar-refractivity contribution in [2.45, 2.75) is 43.4 Å². The molecule has 4 heteroatoms. The highest BCUT2D eigenvalue weighted by atomic mass is 16.3. The van der Waals surface area contributed by atoms with E-state index in [1.807, 2.05) is 53.4 Å². The molecule has 2 aromatic carbocycles. The minimum absolute atomic E-state index is 0.00487. The smallest absolute Gasteiger partial charge is 0.254 e. The average Bonchev–Trinajstić information content (AvgIpc) is 2.98. The second-order valence-electron chi connectivity index (χ2n) is 7.44. The summed E-state index contributed by atoms with van der Waals surface area (Å²) in [6, 6.07) is 17.1. The van der Waals surface area contributed by atoms with Gasteiger partial charge < -0.3 is 15.1 Å². The maximum atomic E-state index is 13.2. The van der Waals surface area contributed by atoms with Crippen molar-refractivity contribution in [1.29, 1.82) is 0 Å². The van der Waals surface area contributed by atoms with E-state index in [1.165, 1.54) is 0 Å². The first kappa shape index (κ1) is 17.8. The summed E-state index contributed by atoms with van der Waals surface area (Å²) >= 11 is 0. The lowest BCUT2D eigenvalue weighted by molar-refractivity contribution is -0.0479. The van der Waals surface area contributed by atoms with E-state index in [0.29, 0.717) is 18.4 Å². The molecular formula is C23H23NO3. The van der Waals surface area contributed by atoms with Crippen LogP contribution in [0.4, 0.5) is 0 Å². The lowest BCUT2D eigenvalue weighted by Gasteiger charge is -2.44. The standard InChI is InChI=1S/C23H23NO3/c25-13-5-7-17-6-4-8-18(14-17)22(26)24-20-11-12-21(24)16-23(27,15-20)19-9-2-1-3-10-19/h1-4,6,8-10,14,20-21,25,27H,11-13,15-16H2. The van der Waals surface area contributed by atoms with Gasteiger partial charge in [-0.1, -0.05) is 48.2 Å². The average molecular weight is 361 g/mol. The van der Waals surface area contributed by atoms with Crippen molar-refractivity contribution in [1.82, 2.24) is 4.90 Å². The Morgan fingerprint density at radius 3 is 2.44 bits per heavy atom. The van der Waals surface area contributed by atoms with Gasteiger partial charge in [0.2, 0.25) is 0 Å². The van der Waals surface area contributed by atoms with E-state index < -0.39 is 5.60 Å². The molecule has 2 aliphatic rings. The third-order valence-electron chi connectivity index (χ3n) is 5.73. The Labute approximate surface area is 159 Å². The number of hydrogen-bond donors (Lipinski definition) is 2. The molecule has 2 aromatic rings. The van der Waals surface area contributed by atoms with Gasteiger partial charge in [0.05, 0.1) is 5.60 Å². The Morgan fingerprint density at radius 2 is 1.78 bits per heavy atom. The number of aliphatic hydroxyl groups excluding tert-OH is 1. The molecule has 2 atom stereocenters. The van der Waals surface area contributed by atoms with Crippen LogP contribution in [0.1, 0.15) is 47.2 Å². The molecule has 2 unspecified atom stereocenters. The van der Waals surface area contributed by atoms with E-state index in [2.05, 4.69) is 11.8 Å². The Balaban J connectivity index is 1.57. The highest BCUT2D eigenvalue weighted by Crippen LogP contribution is 2.46. The van der Waals surface area contributed by atoms with Crippen LogP contribution in [0.3, 0.4) is 0 Å². The summed E-state index contributed by atoms with van der Waals surface area (Å²) in [5, 5.41) is 20.1.